The van der Waals surface area contributed by atoms with Gasteiger partial charge in [0.25, 0.3) is 0 Å². The predicted octanol–water partition coefficient (Wildman–Crippen LogP) is 4.08. The Kier molecular flexibility index (Phi) is 6.84. The number of piperazine rings is 1. The summed E-state index contributed by atoms with van der Waals surface area (Å²) in [6, 6.07) is 0.786. The van der Waals surface area contributed by atoms with E-state index < -0.39 is 0 Å². The van der Waals surface area contributed by atoms with Crippen molar-refractivity contribution in [3.63, 3.8) is 0 Å². The summed E-state index contributed by atoms with van der Waals surface area (Å²) in [6.45, 7) is 18.8. The molecule has 1 atom stereocenters. The monoisotopic (exact) mass is 349 g/mol. The van der Waals surface area contributed by atoms with E-state index in [1.807, 2.05) is 0 Å². The molecular formula is C22H43N3. The van der Waals surface area contributed by atoms with Gasteiger partial charge in [0.1, 0.15) is 0 Å². The molecule has 146 valence electrons. The van der Waals surface area contributed by atoms with Crippen molar-refractivity contribution in [1.82, 2.24) is 14.7 Å². The lowest BCUT2D eigenvalue weighted by Gasteiger charge is -2.57. The van der Waals surface area contributed by atoms with Gasteiger partial charge in [-0.3, -0.25) is 4.90 Å². The highest BCUT2D eigenvalue weighted by Gasteiger charge is 2.45. The number of rotatable bonds is 7. The fourth-order valence-corrected chi connectivity index (χ4v) is 5.38. The second-order valence-corrected chi connectivity index (χ2v) is 9.72. The van der Waals surface area contributed by atoms with Gasteiger partial charge in [-0.05, 0) is 83.3 Å². The number of likely N-dealkylation sites (tertiary alicyclic amines) is 1. The zero-order valence-corrected chi connectivity index (χ0v) is 17.5. The second-order valence-electron chi connectivity index (χ2n) is 9.72. The molecule has 0 aromatic rings. The fourth-order valence-electron chi connectivity index (χ4n) is 5.38. The summed E-state index contributed by atoms with van der Waals surface area (Å²) in [5, 5.41) is 0. The van der Waals surface area contributed by atoms with Gasteiger partial charge in [0.05, 0.1) is 0 Å². The maximum atomic E-state index is 2.85. The third kappa shape index (κ3) is 4.78. The van der Waals surface area contributed by atoms with E-state index in [9.17, 15) is 0 Å². The van der Waals surface area contributed by atoms with Crippen molar-refractivity contribution < 1.29 is 0 Å². The molecule has 0 aromatic carbocycles. The molecule has 1 saturated carbocycles. The first kappa shape index (κ1) is 19.6. The minimum absolute atomic E-state index is 0.558. The van der Waals surface area contributed by atoms with Crippen molar-refractivity contribution in [3.05, 3.63) is 0 Å². The molecule has 3 fully saturated rings. The maximum absolute atomic E-state index is 2.85. The average Bonchev–Trinajstić information content (AvgIpc) is 2.58. The molecule has 1 unspecified atom stereocenters. The van der Waals surface area contributed by atoms with Gasteiger partial charge in [-0.1, -0.05) is 20.8 Å². The van der Waals surface area contributed by atoms with Crippen LogP contribution in [0.15, 0.2) is 0 Å². The van der Waals surface area contributed by atoms with Gasteiger partial charge >= 0.3 is 0 Å². The van der Waals surface area contributed by atoms with E-state index in [2.05, 4.69) is 42.4 Å². The van der Waals surface area contributed by atoms with Crippen LogP contribution in [0.1, 0.15) is 72.6 Å². The Balaban J connectivity index is 1.41. The molecule has 0 amide bonds. The number of nitrogens with zero attached hydrogens (tertiary/aromatic N) is 3. The lowest BCUT2D eigenvalue weighted by molar-refractivity contribution is -0.0597. The van der Waals surface area contributed by atoms with Crippen LogP contribution in [0.25, 0.3) is 0 Å². The van der Waals surface area contributed by atoms with Gasteiger partial charge in [0, 0.05) is 37.8 Å². The molecule has 3 rings (SSSR count). The van der Waals surface area contributed by atoms with Crippen LogP contribution in [0, 0.1) is 11.8 Å². The highest BCUT2D eigenvalue weighted by atomic mass is 15.3. The van der Waals surface area contributed by atoms with Crippen LogP contribution in [-0.4, -0.2) is 72.1 Å². The van der Waals surface area contributed by atoms with Gasteiger partial charge in [0.2, 0.25) is 0 Å². The Bertz CT molecular complexity index is 396. The van der Waals surface area contributed by atoms with Crippen molar-refractivity contribution in [1.29, 1.82) is 0 Å². The van der Waals surface area contributed by atoms with E-state index in [-0.39, 0.29) is 0 Å². The fraction of sp³-hybridized carbons (Fsp3) is 1.00. The van der Waals surface area contributed by atoms with Crippen LogP contribution in [0.2, 0.25) is 0 Å². The van der Waals surface area contributed by atoms with Crippen LogP contribution in [0.4, 0.5) is 0 Å². The first-order valence-corrected chi connectivity index (χ1v) is 11.2. The minimum atomic E-state index is 0.558. The Labute approximate surface area is 157 Å². The van der Waals surface area contributed by atoms with Crippen molar-refractivity contribution >= 4 is 0 Å². The van der Waals surface area contributed by atoms with Gasteiger partial charge in [0.15, 0.2) is 0 Å². The zero-order valence-electron chi connectivity index (χ0n) is 17.5. The lowest BCUT2D eigenvalue weighted by atomic mass is 9.73. The molecule has 2 heterocycles. The summed E-state index contributed by atoms with van der Waals surface area (Å²) in [5.74, 6) is 1.78. The van der Waals surface area contributed by atoms with E-state index >= 15 is 0 Å². The quantitative estimate of drug-likeness (QED) is 0.685. The van der Waals surface area contributed by atoms with Gasteiger partial charge < -0.3 is 9.80 Å². The molecule has 2 saturated heterocycles. The van der Waals surface area contributed by atoms with Crippen molar-refractivity contribution in [3.8, 4) is 0 Å². The molecule has 1 spiro atoms. The van der Waals surface area contributed by atoms with E-state index in [0.29, 0.717) is 5.54 Å². The summed E-state index contributed by atoms with van der Waals surface area (Å²) in [6.07, 6.45) is 9.96. The molecule has 0 N–H and O–H groups in total. The van der Waals surface area contributed by atoms with E-state index in [1.165, 1.54) is 90.8 Å². The predicted molar refractivity (Wildman–Crippen MR) is 108 cm³/mol. The smallest absolute Gasteiger partial charge is 0.0337 e. The largest absolute Gasteiger partial charge is 0.301 e. The molecule has 0 bridgehead atoms. The molecule has 1 aliphatic carbocycles. The normalized spacial score (nSPS) is 27.7. The summed E-state index contributed by atoms with van der Waals surface area (Å²) < 4.78 is 0. The van der Waals surface area contributed by atoms with Gasteiger partial charge in [-0.15, -0.1) is 0 Å². The highest BCUT2D eigenvalue weighted by molar-refractivity contribution is 5.03. The first-order valence-electron chi connectivity index (χ1n) is 11.2. The van der Waals surface area contributed by atoms with Gasteiger partial charge in [-0.25, -0.2) is 0 Å². The van der Waals surface area contributed by atoms with Crippen LogP contribution in [-0.2, 0) is 0 Å². The zero-order chi connectivity index (χ0) is 17.9. The standard InChI is InChI=1S/C22H43N3/c1-5-20(4)24-13-8-21(9-14-24)7-12-23-15-16-25(17-19(2)3)22(18-23)10-6-11-22/h19-21H,5-18H2,1-4H3. The van der Waals surface area contributed by atoms with E-state index in [0.717, 1.165) is 17.9 Å². The topological polar surface area (TPSA) is 9.72 Å². The Morgan fingerprint density at radius 2 is 1.72 bits per heavy atom. The summed E-state index contributed by atoms with van der Waals surface area (Å²) >= 11 is 0. The van der Waals surface area contributed by atoms with Crippen molar-refractivity contribution in [2.24, 2.45) is 11.8 Å². The number of piperidine rings is 1. The highest BCUT2D eigenvalue weighted by Crippen LogP contribution is 2.40. The Hall–Kier alpha value is -0.120. The SMILES string of the molecule is CCC(C)N1CCC(CCN2CCN(CC(C)C)C3(CCC3)C2)CC1. The minimum Gasteiger partial charge on any atom is -0.301 e. The average molecular weight is 350 g/mol. The van der Waals surface area contributed by atoms with Crippen LogP contribution in [0.3, 0.4) is 0 Å². The summed E-state index contributed by atoms with van der Waals surface area (Å²) in [4.78, 5) is 8.38. The molecule has 2 aliphatic heterocycles. The Morgan fingerprint density at radius 1 is 1.00 bits per heavy atom. The Morgan fingerprint density at radius 3 is 2.28 bits per heavy atom. The first-order chi connectivity index (χ1) is 12.0. The number of hydrogen-bond acceptors (Lipinski definition) is 3. The number of hydrogen-bond donors (Lipinski definition) is 0. The van der Waals surface area contributed by atoms with E-state index in [4.69, 9.17) is 0 Å². The van der Waals surface area contributed by atoms with Gasteiger partial charge in [-0.2, -0.15) is 0 Å². The molecular weight excluding hydrogens is 306 g/mol. The molecule has 3 aliphatic rings. The summed E-state index contributed by atoms with van der Waals surface area (Å²) in [7, 11) is 0. The third-order valence-corrected chi connectivity index (χ3v) is 7.46. The third-order valence-electron chi connectivity index (χ3n) is 7.46. The van der Waals surface area contributed by atoms with E-state index in [1.54, 1.807) is 0 Å². The molecule has 25 heavy (non-hydrogen) atoms. The molecule has 0 aromatic heterocycles. The van der Waals surface area contributed by atoms with Crippen LogP contribution >= 0.6 is 0 Å². The molecule has 3 heteroatoms. The van der Waals surface area contributed by atoms with Crippen LogP contribution < -0.4 is 0 Å². The lowest BCUT2D eigenvalue weighted by Crippen LogP contribution is -2.66. The molecule has 0 radical (unpaired) electrons. The van der Waals surface area contributed by atoms with Crippen LogP contribution in [0.5, 0.6) is 0 Å². The second kappa shape index (κ2) is 8.71. The maximum Gasteiger partial charge on any atom is 0.0337 e. The van der Waals surface area contributed by atoms with Crippen molar-refractivity contribution in [2.45, 2.75) is 84.2 Å². The van der Waals surface area contributed by atoms with Crippen molar-refractivity contribution in [2.75, 3.05) is 45.8 Å². The summed E-state index contributed by atoms with van der Waals surface area (Å²) in [5.41, 5.74) is 0.558. The molecule has 3 nitrogen and oxygen atoms in total.